The number of nitrogens with one attached hydrogen (secondary N) is 1. The first-order valence-corrected chi connectivity index (χ1v) is 9.53. The van der Waals surface area contributed by atoms with Crippen LogP contribution in [0.25, 0.3) is 0 Å². The van der Waals surface area contributed by atoms with Crippen molar-refractivity contribution in [2.75, 3.05) is 11.9 Å². The van der Waals surface area contributed by atoms with Gasteiger partial charge in [0.2, 0.25) is 5.91 Å². The van der Waals surface area contributed by atoms with Crippen LogP contribution in [0, 0.1) is 11.7 Å². The number of aliphatic hydroxyl groups is 2. The Labute approximate surface area is 158 Å². The second kappa shape index (κ2) is 7.06. The van der Waals surface area contributed by atoms with Crippen molar-refractivity contribution in [2.45, 2.75) is 43.1 Å². The van der Waals surface area contributed by atoms with Gasteiger partial charge < -0.3 is 15.5 Å². The van der Waals surface area contributed by atoms with Gasteiger partial charge in [0, 0.05) is 11.6 Å². The molecule has 1 amide bonds. The molecule has 4 atom stereocenters. The smallest absolute Gasteiger partial charge is 0.235 e. The van der Waals surface area contributed by atoms with Crippen LogP contribution in [-0.4, -0.2) is 28.8 Å². The lowest BCUT2D eigenvalue weighted by Gasteiger charge is -2.45. The van der Waals surface area contributed by atoms with Gasteiger partial charge in [0.05, 0.1) is 18.1 Å². The lowest BCUT2D eigenvalue weighted by molar-refractivity contribution is -0.125. The van der Waals surface area contributed by atoms with Crippen LogP contribution < -0.4 is 5.32 Å². The fourth-order valence-corrected chi connectivity index (χ4v) is 5.16. The molecule has 1 saturated carbocycles. The Balaban J connectivity index is 1.88. The molecule has 3 N–H and O–H groups in total. The number of fused-ring (bicyclic) bond motifs is 2. The van der Waals surface area contributed by atoms with E-state index in [2.05, 4.69) is 5.32 Å². The van der Waals surface area contributed by atoms with Gasteiger partial charge in [0.25, 0.3) is 0 Å². The zero-order chi connectivity index (χ0) is 19.0. The molecule has 0 saturated heterocycles. The number of carbonyl (C=O) groups excluding carboxylic acids is 1. The number of carbonyl (C=O) groups is 1. The summed E-state index contributed by atoms with van der Waals surface area (Å²) < 4.78 is 14.1. The highest BCUT2D eigenvalue weighted by Gasteiger charge is 2.56. The van der Waals surface area contributed by atoms with Gasteiger partial charge in [-0.2, -0.15) is 0 Å². The average molecular weight is 369 g/mol. The van der Waals surface area contributed by atoms with Crippen LogP contribution in [0.2, 0.25) is 0 Å². The minimum atomic E-state index is -0.988. The quantitative estimate of drug-likeness (QED) is 0.774. The summed E-state index contributed by atoms with van der Waals surface area (Å²) in [6, 6.07) is 14.0. The highest BCUT2D eigenvalue weighted by molar-refractivity contribution is 6.06. The molecule has 4 rings (SSSR count). The van der Waals surface area contributed by atoms with Gasteiger partial charge in [-0.3, -0.25) is 4.79 Å². The summed E-state index contributed by atoms with van der Waals surface area (Å²) in [4.78, 5) is 13.2. The first-order valence-electron chi connectivity index (χ1n) is 9.53. The largest absolute Gasteiger partial charge is 0.394 e. The lowest BCUT2D eigenvalue weighted by atomic mass is 9.57. The molecule has 2 aromatic carbocycles. The minimum absolute atomic E-state index is 0.126. The van der Waals surface area contributed by atoms with Crippen LogP contribution in [0.15, 0.2) is 48.5 Å². The van der Waals surface area contributed by atoms with Gasteiger partial charge in [-0.15, -0.1) is 0 Å². The van der Waals surface area contributed by atoms with E-state index in [4.69, 9.17) is 0 Å². The van der Waals surface area contributed by atoms with Crippen molar-refractivity contribution >= 4 is 11.6 Å². The van der Waals surface area contributed by atoms with Crippen LogP contribution in [0.1, 0.15) is 42.7 Å². The number of aliphatic hydroxyl groups excluding tert-OH is 2. The molecule has 2 unspecified atom stereocenters. The summed E-state index contributed by atoms with van der Waals surface area (Å²) >= 11 is 0. The first kappa shape index (κ1) is 18.1. The van der Waals surface area contributed by atoms with E-state index in [-0.39, 0.29) is 24.2 Å². The molecule has 4 nitrogen and oxygen atoms in total. The molecule has 27 heavy (non-hydrogen) atoms. The number of hydrogen-bond acceptors (Lipinski definition) is 3. The van der Waals surface area contributed by atoms with E-state index in [0.717, 1.165) is 24.8 Å². The van der Waals surface area contributed by atoms with Crippen molar-refractivity contribution in [3.05, 3.63) is 65.5 Å². The molecule has 5 heteroatoms. The number of hydrogen-bond donors (Lipinski definition) is 3. The van der Waals surface area contributed by atoms with Crippen LogP contribution in [0.4, 0.5) is 10.1 Å². The Morgan fingerprint density at radius 1 is 1.19 bits per heavy atom. The highest BCUT2D eigenvalue weighted by atomic mass is 19.1. The van der Waals surface area contributed by atoms with E-state index < -0.39 is 17.4 Å². The van der Waals surface area contributed by atoms with E-state index in [1.165, 1.54) is 12.1 Å². The summed E-state index contributed by atoms with van der Waals surface area (Å²) in [6.45, 7) is -0.385. The van der Waals surface area contributed by atoms with E-state index >= 15 is 0 Å². The summed E-state index contributed by atoms with van der Waals surface area (Å²) in [5.74, 6) is -1.12. The Morgan fingerprint density at radius 3 is 2.70 bits per heavy atom. The Morgan fingerprint density at radius 2 is 1.96 bits per heavy atom. The molecule has 1 aliphatic carbocycles. The molecule has 0 bridgehead atoms. The van der Waals surface area contributed by atoms with Crippen LogP contribution >= 0.6 is 0 Å². The highest BCUT2D eigenvalue weighted by Crippen LogP contribution is 2.55. The Bertz CT molecular complexity index is 841. The third-order valence-corrected chi connectivity index (χ3v) is 6.30. The van der Waals surface area contributed by atoms with Crippen LogP contribution in [0.5, 0.6) is 0 Å². The number of benzene rings is 2. The number of anilines is 1. The molecule has 142 valence electrons. The molecule has 2 aromatic rings. The van der Waals surface area contributed by atoms with E-state index in [0.29, 0.717) is 17.7 Å². The first-order chi connectivity index (χ1) is 13.1. The minimum Gasteiger partial charge on any atom is -0.394 e. The topological polar surface area (TPSA) is 69.6 Å². The fraction of sp³-hybridized carbons (Fsp3) is 0.409. The molecule has 1 heterocycles. The molecular formula is C22H24FNO3. The SMILES string of the molecule is O=C1Nc2ccc(F)cc2C12CCCCC2[C@@H](c1ccccc1)[C@H](O)CO. The van der Waals surface area contributed by atoms with Crippen molar-refractivity contribution in [1.82, 2.24) is 0 Å². The van der Waals surface area contributed by atoms with Gasteiger partial charge in [0.15, 0.2) is 0 Å². The average Bonchev–Trinajstić information content (AvgIpc) is 2.96. The third-order valence-electron chi connectivity index (χ3n) is 6.30. The molecule has 1 fully saturated rings. The zero-order valence-corrected chi connectivity index (χ0v) is 15.1. The standard InChI is InChI=1S/C22H24FNO3/c23-15-9-10-18-17(12-15)22(21(27)24-18)11-5-4-8-16(22)20(19(26)13-25)14-6-2-1-3-7-14/h1-3,6-7,9-10,12,16,19-20,25-26H,4-5,8,11,13H2,(H,24,27)/t16?,19-,20-,22?/m1/s1. The normalized spacial score (nSPS) is 26.5. The fourth-order valence-electron chi connectivity index (χ4n) is 5.16. The van der Waals surface area contributed by atoms with Crippen LogP contribution in [-0.2, 0) is 10.2 Å². The van der Waals surface area contributed by atoms with Crippen molar-refractivity contribution in [3.8, 4) is 0 Å². The maximum Gasteiger partial charge on any atom is 0.235 e. The second-order valence-electron chi connectivity index (χ2n) is 7.65. The number of rotatable bonds is 4. The molecule has 0 aromatic heterocycles. The molecular weight excluding hydrogens is 345 g/mol. The van der Waals surface area contributed by atoms with E-state index in [1.54, 1.807) is 6.07 Å². The number of halogens is 1. The number of amides is 1. The van der Waals surface area contributed by atoms with Gasteiger partial charge in [-0.1, -0.05) is 43.2 Å². The maximum absolute atomic E-state index is 14.1. The zero-order valence-electron chi connectivity index (χ0n) is 15.1. The molecule has 2 aliphatic rings. The predicted molar refractivity (Wildman–Crippen MR) is 101 cm³/mol. The van der Waals surface area contributed by atoms with Crippen molar-refractivity contribution in [2.24, 2.45) is 5.92 Å². The van der Waals surface area contributed by atoms with E-state index in [1.807, 2.05) is 30.3 Å². The van der Waals surface area contributed by atoms with Crippen molar-refractivity contribution < 1.29 is 19.4 Å². The third kappa shape index (κ3) is 2.86. The Kier molecular flexibility index (Phi) is 4.74. The summed E-state index contributed by atoms with van der Waals surface area (Å²) in [5.41, 5.74) is 1.34. The molecule has 0 radical (unpaired) electrons. The Hall–Kier alpha value is -2.24. The van der Waals surface area contributed by atoms with Gasteiger partial charge in [0.1, 0.15) is 5.82 Å². The maximum atomic E-state index is 14.1. The van der Waals surface area contributed by atoms with Crippen LogP contribution in [0.3, 0.4) is 0 Å². The van der Waals surface area contributed by atoms with E-state index in [9.17, 15) is 19.4 Å². The van der Waals surface area contributed by atoms with Gasteiger partial charge >= 0.3 is 0 Å². The predicted octanol–water partition coefficient (Wildman–Crippen LogP) is 3.34. The van der Waals surface area contributed by atoms with Gasteiger partial charge in [-0.05, 0) is 48.1 Å². The van der Waals surface area contributed by atoms with Crippen molar-refractivity contribution in [1.29, 1.82) is 0 Å². The lowest BCUT2D eigenvalue weighted by Crippen LogP contribution is -2.49. The second-order valence-corrected chi connectivity index (χ2v) is 7.65. The summed E-state index contributed by atoms with van der Waals surface area (Å²) in [7, 11) is 0. The molecule has 1 aliphatic heterocycles. The summed E-state index contributed by atoms with van der Waals surface area (Å²) in [5, 5.41) is 23.4. The monoisotopic (exact) mass is 369 g/mol. The van der Waals surface area contributed by atoms with Crippen molar-refractivity contribution in [3.63, 3.8) is 0 Å². The molecule has 1 spiro atoms. The van der Waals surface area contributed by atoms with Gasteiger partial charge in [-0.25, -0.2) is 4.39 Å². The summed E-state index contributed by atoms with van der Waals surface area (Å²) in [6.07, 6.45) is 2.17.